The molecule has 0 atom stereocenters. The number of rotatable bonds is 6. The van der Waals surface area contributed by atoms with Crippen LogP contribution in [-0.4, -0.2) is 48.1 Å². The molecule has 1 aromatic heterocycles. The number of carbonyl (C=O) groups excluding carboxylic acids is 1. The molecule has 0 saturated carbocycles. The molecule has 2 N–H and O–H groups in total. The second-order valence-corrected chi connectivity index (χ2v) is 6.65. The molecule has 6 heteroatoms. The summed E-state index contributed by atoms with van der Waals surface area (Å²) in [5.41, 5.74) is 1.59. The van der Waals surface area contributed by atoms with E-state index in [0.29, 0.717) is 23.1 Å². The molecule has 0 bridgehead atoms. The van der Waals surface area contributed by atoms with Crippen LogP contribution in [0, 0.1) is 5.82 Å². The standard InChI is InChI=1S/C21H22FN3O2/c1-25(2)12-4-11-24-21(27)15-8-6-14(7-9-15)17-13-16-5-3-10-23-19(16)20(26)18(17)22/h3,5-10,13,26H,4,11-12H2,1-2H3,(H,24,27). The Hall–Kier alpha value is -2.99. The molecule has 0 spiro atoms. The van der Waals surface area contributed by atoms with Gasteiger partial charge < -0.3 is 15.3 Å². The maximum Gasteiger partial charge on any atom is 0.251 e. The van der Waals surface area contributed by atoms with Gasteiger partial charge in [-0.05, 0) is 56.9 Å². The molecule has 1 heterocycles. The molecule has 2 aromatic carbocycles. The van der Waals surface area contributed by atoms with Gasteiger partial charge in [0, 0.05) is 29.3 Å². The Morgan fingerprint density at radius 1 is 1.22 bits per heavy atom. The zero-order valence-corrected chi connectivity index (χ0v) is 15.4. The summed E-state index contributed by atoms with van der Waals surface area (Å²) in [7, 11) is 3.97. The lowest BCUT2D eigenvalue weighted by Crippen LogP contribution is -2.27. The third-order valence-corrected chi connectivity index (χ3v) is 4.33. The predicted molar refractivity (Wildman–Crippen MR) is 104 cm³/mol. The largest absolute Gasteiger partial charge is 0.503 e. The Morgan fingerprint density at radius 2 is 1.96 bits per heavy atom. The fourth-order valence-electron chi connectivity index (χ4n) is 2.89. The van der Waals surface area contributed by atoms with Crippen molar-refractivity contribution < 1.29 is 14.3 Å². The Bertz CT molecular complexity index is 956. The minimum Gasteiger partial charge on any atom is -0.503 e. The first-order valence-electron chi connectivity index (χ1n) is 8.77. The number of amides is 1. The molecule has 3 aromatic rings. The molecular weight excluding hydrogens is 345 g/mol. The number of carbonyl (C=O) groups is 1. The summed E-state index contributed by atoms with van der Waals surface area (Å²) in [6.07, 6.45) is 2.37. The Morgan fingerprint density at radius 3 is 2.67 bits per heavy atom. The van der Waals surface area contributed by atoms with Crippen molar-refractivity contribution in [3.63, 3.8) is 0 Å². The van der Waals surface area contributed by atoms with Gasteiger partial charge in [0.2, 0.25) is 0 Å². The van der Waals surface area contributed by atoms with Crippen molar-refractivity contribution in [1.82, 2.24) is 15.2 Å². The molecular formula is C21H22FN3O2. The summed E-state index contributed by atoms with van der Waals surface area (Å²) >= 11 is 0. The molecule has 0 aliphatic heterocycles. The average Bonchev–Trinajstić information content (AvgIpc) is 2.68. The summed E-state index contributed by atoms with van der Waals surface area (Å²) in [6, 6.07) is 11.8. The van der Waals surface area contributed by atoms with Gasteiger partial charge >= 0.3 is 0 Å². The number of phenolic OH excluding ortho intramolecular Hbond substituents is 1. The molecule has 0 unspecified atom stereocenters. The first-order chi connectivity index (χ1) is 13.0. The van der Waals surface area contributed by atoms with E-state index in [1.54, 1.807) is 42.5 Å². The van der Waals surface area contributed by atoms with Crippen molar-refractivity contribution in [2.24, 2.45) is 0 Å². The van der Waals surface area contributed by atoms with Crippen molar-refractivity contribution in [2.75, 3.05) is 27.2 Å². The van der Waals surface area contributed by atoms with Gasteiger partial charge in [-0.25, -0.2) is 4.39 Å². The van der Waals surface area contributed by atoms with E-state index in [1.165, 1.54) is 6.20 Å². The predicted octanol–water partition coefficient (Wildman–Crippen LogP) is 3.43. The number of pyridine rings is 1. The molecule has 3 rings (SSSR count). The first kappa shape index (κ1) is 18.8. The monoisotopic (exact) mass is 367 g/mol. The zero-order valence-electron chi connectivity index (χ0n) is 15.4. The molecule has 0 aliphatic carbocycles. The number of fused-ring (bicyclic) bond motifs is 1. The number of benzene rings is 2. The van der Waals surface area contributed by atoms with Crippen LogP contribution in [0.3, 0.4) is 0 Å². The van der Waals surface area contributed by atoms with Crippen LogP contribution < -0.4 is 5.32 Å². The number of hydrogen-bond acceptors (Lipinski definition) is 4. The van der Waals surface area contributed by atoms with Gasteiger partial charge in [-0.2, -0.15) is 0 Å². The molecule has 1 amide bonds. The molecule has 0 aliphatic rings. The molecule has 5 nitrogen and oxygen atoms in total. The van der Waals surface area contributed by atoms with Crippen molar-refractivity contribution in [3.8, 4) is 16.9 Å². The van der Waals surface area contributed by atoms with Crippen molar-refractivity contribution in [3.05, 3.63) is 60.0 Å². The van der Waals surface area contributed by atoms with Crippen molar-refractivity contribution in [2.45, 2.75) is 6.42 Å². The van der Waals surface area contributed by atoms with Crippen LogP contribution >= 0.6 is 0 Å². The van der Waals surface area contributed by atoms with Crippen LogP contribution in [0.2, 0.25) is 0 Å². The highest BCUT2D eigenvalue weighted by molar-refractivity contribution is 5.95. The lowest BCUT2D eigenvalue weighted by atomic mass is 10.0. The van der Waals surface area contributed by atoms with E-state index in [0.717, 1.165) is 13.0 Å². The summed E-state index contributed by atoms with van der Waals surface area (Å²) in [5.74, 6) is -1.35. The summed E-state index contributed by atoms with van der Waals surface area (Å²) in [4.78, 5) is 18.3. The van der Waals surface area contributed by atoms with Gasteiger partial charge in [-0.1, -0.05) is 18.2 Å². The van der Waals surface area contributed by atoms with Crippen LogP contribution in [0.5, 0.6) is 5.75 Å². The van der Waals surface area contributed by atoms with Gasteiger partial charge in [-0.3, -0.25) is 9.78 Å². The Labute approximate surface area is 157 Å². The number of phenols is 1. The average molecular weight is 367 g/mol. The molecule has 0 radical (unpaired) electrons. The van der Waals surface area contributed by atoms with Crippen molar-refractivity contribution in [1.29, 1.82) is 0 Å². The highest BCUT2D eigenvalue weighted by Crippen LogP contribution is 2.34. The second-order valence-electron chi connectivity index (χ2n) is 6.65. The lowest BCUT2D eigenvalue weighted by Gasteiger charge is -2.11. The summed E-state index contributed by atoms with van der Waals surface area (Å²) in [6.45, 7) is 1.50. The minimum absolute atomic E-state index is 0.161. The number of nitrogens with one attached hydrogen (secondary N) is 1. The van der Waals surface area contributed by atoms with E-state index in [-0.39, 0.29) is 17.0 Å². The number of aromatic nitrogens is 1. The van der Waals surface area contributed by atoms with Crippen LogP contribution in [0.4, 0.5) is 4.39 Å². The number of halogens is 1. The zero-order chi connectivity index (χ0) is 19.4. The Balaban J connectivity index is 1.78. The van der Waals surface area contributed by atoms with Gasteiger partial charge in [0.1, 0.15) is 5.52 Å². The van der Waals surface area contributed by atoms with E-state index in [2.05, 4.69) is 15.2 Å². The SMILES string of the molecule is CN(C)CCCNC(=O)c1ccc(-c2cc3cccnc3c(O)c2F)cc1. The second kappa shape index (κ2) is 8.14. The summed E-state index contributed by atoms with van der Waals surface area (Å²) < 4.78 is 14.6. The van der Waals surface area contributed by atoms with E-state index < -0.39 is 11.6 Å². The topological polar surface area (TPSA) is 65.5 Å². The molecule has 27 heavy (non-hydrogen) atoms. The molecule has 0 fully saturated rings. The fourth-order valence-corrected chi connectivity index (χ4v) is 2.89. The van der Waals surface area contributed by atoms with Crippen LogP contribution in [0.25, 0.3) is 22.0 Å². The lowest BCUT2D eigenvalue weighted by molar-refractivity contribution is 0.0952. The highest BCUT2D eigenvalue weighted by Gasteiger charge is 2.15. The smallest absolute Gasteiger partial charge is 0.251 e. The van der Waals surface area contributed by atoms with Gasteiger partial charge in [0.15, 0.2) is 11.6 Å². The van der Waals surface area contributed by atoms with E-state index >= 15 is 0 Å². The molecule has 140 valence electrons. The van der Waals surface area contributed by atoms with Gasteiger partial charge in [0.25, 0.3) is 5.91 Å². The number of hydrogen-bond donors (Lipinski definition) is 2. The van der Waals surface area contributed by atoms with E-state index in [4.69, 9.17) is 0 Å². The maximum absolute atomic E-state index is 14.6. The number of aromatic hydroxyl groups is 1. The van der Waals surface area contributed by atoms with Gasteiger partial charge in [0.05, 0.1) is 0 Å². The fraction of sp³-hybridized carbons (Fsp3) is 0.238. The number of nitrogens with zero attached hydrogens (tertiary/aromatic N) is 2. The van der Waals surface area contributed by atoms with E-state index in [9.17, 15) is 14.3 Å². The quantitative estimate of drug-likeness (QED) is 0.655. The van der Waals surface area contributed by atoms with Gasteiger partial charge in [-0.15, -0.1) is 0 Å². The van der Waals surface area contributed by atoms with Crippen LogP contribution in [-0.2, 0) is 0 Å². The molecule has 0 saturated heterocycles. The van der Waals surface area contributed by atoms with E-state index in [1.807, 2.05) is 14.1 Å². The third-order valence-electron chi connectivity index (χ3n) is 4.33. The highest BCUT2D eigenvalue weighted by atomic mass is 19.1. The third kappa shape index (κ3) is 4.23. The normalized spacial score (nSPS) is 11.1. The first-order valence-corrected chi connectivity index (χ1v) is 8.77. The summed E-state index contributed by atoms with van der Waals surface area (Å²) in [5, 5.41) is 13.6. The maximum atomic E-state index is 14.6. The van der Waals surface area contributed by atoms with Crippen LogP contribution in [0.15, 0.2) is 48.7 Å². The Kier molecular flexibility index (Phi) is 5.66. The van der Waals surface area contributed by atoms with Crippen molar-refractivity contribution >= 4 is 16.8 Å². The van der Waals surface area contributed by atoms with Crippen LogP contribution in [0.1, 0.15) is 16.8 Å². The minimum atomic E-state index is -0.720.